The van der Waals surface area contributed by atoms with Crippen molar-refractivity contribution in [2.24, 2.45) is 0 Å². The summed E-state index contributed by atoms with van der Waals surface area (Å²) in [6.07, 6.45) is 0. The molecular formula is C15H11Cl3O. The number of ketones is 1. The van der Waals surface area contributed by atoms with Crippen molar-refractivity contribution in [3.63, 3.8) is 0 Å². The Morgan fingerprint density at radius 3 is 2.21 bits per heavy atom. The highest BCUT2D eigenvalue weighted by molar-refractivity contribution is 6.37. The molecule has 98 valence electrons. The van der Waals surface area contributed by atoms with Crippen LogP contribution >= 0.6 is 34.8 Å². The van der Waals surface area contributed by atoms with Crippen LogP contribution in [0, 0.1) is 13.8 Å². The molecule has 0 aliphatic carbocycles. The second-order valence-electron chi connectivity index (χ2n) is 4.37. The quantitative estimate of drug-likeness (QED) is 0.670. The summed E-state index contributed by atoms with van der Waals surface area (Å²) < 4.78 is 0. The molecule has 2 rings (SSSR count). The molecule has 0 heterocycles. The number of hydrogen-bond acceptors (Lipinski definition) is 1. The van der Waals surface area contributed by atoms with Crippen molar-refractivity contribution < 1.29 is 4.79 Å². The van der Waals surface area contributed by atoms with E-state index in [1.807, 2.05) is 13.8 Å². The fourth-order valence-electron chi connectivity index (χ4n) is 1.84. The molecule has 0 N–H and O–H groups in total. The van der Waals surface area contributed by atoms with Crippen molar-refractivity contribution in [2.45, 2.75) is 13.8 Å². The van der Waals surface area contributed by atoms with Crippen molar-refractivity contribution >= 4 is 40.6 Å². The molecule has 0 aliphatic rings. The highest BCUT2D eigenvalue weighted by Gasteiger charge is 2.16. The van der Waals surface area contributed by atoms with Gasteiger partial charge in [-0.3, -0.25) is 4.79 Å². The van der Waals surface area contributed by atoms with E-state index in [0.29, 0.717) is 26.2 Å². The number of halogens is 3. The lowest BCUT2D eigenvalue weighted by Crippen LogP contribution is -2.05. The molecule has 0 saturated carbocycles. The van der Waals surface area contributed by atoms with E-state index in [9.17, 15) is 4.79 Å². The van der Waals surface area contributed by atoms with Gasteiger partial charge in [0, 0.05) is 21.2 Å². The Morgan fingerprint density at radius 1 is 0.842 bits per heavy atom. The Labute approximate surface area is 127 Å². The number of rotatable bonds is 2. The molecule has 4 heteroatoms. The minimum absolute atomic E-state index is 0.148. The fraction of sp³-hybridized carbons (Fsp3) is 0.133. The van der Waals surface area contributed by atoms with Crippen LogP contribution in [0.2, 0.25) is 15.1 Å². The van der Waals surface area contributed by atoms with Crippen LogP contribution in [-0.4, -0.2) is 5.78 Å². The first kappa shape index (κ1) is 14.4. The molecule has 1 nitrogen and oxygen atoms in total. The van der Waals surface area contributed by atoms with Crippen LogP contribution in [0.15, 0.2) is 30.3 Å². The van der Waals surface area contributed by atoms with Crippen LogP contribution in [0.4, 0.5) is 0 Å². The zero-order valence-corrected chi connectivity index (χ0v) is 12.7. The zero-order chi connectivity index (χ0) is 14.2. The van der Waals surface area contributed by atoms with Gasteiger partial charge < -0.3 is 0 Å². The maximum atomic E-state index is 12.5. The molecule has 2 aromatic rings. The second kappa shape index (κ2) is 5.54. The van der Waals surface area contributed by atoms with Gasteiger partial charge in [0.05, 0.1) is 5.02 Å². The molecule has 0 spiro atoms. The summed E-state index contributed by atoms with van der Waals surface area (Å²) >= 11 is 18.0. The van der Waals surface area contributed by atoms with Gasteiger partial charge in [0.1, 0.15) is 0 Å². The molecule has 0 atom stereocenters. The van der Waals surface area contributed by atoms with Crippen molar-refractivity contribution in [3.8, 4) is 0 Å². The summed E-state index contributed by atoms with van der Waals surface area (Å²) in [5.41, 5.74) is 2.66. The lowest BCUT2D eigenvalue weighted by Gasteiger charge is -2.09. The highest BCUT2D eigenvalue weighted by atomic mass is 35.5. The lowest BCUT2D eigenvalue weighted by molar-refractivity contribution is 0.103. The first-order chi connectivity index (χ1) is 8.90. The van der Waals surface area contributed by atoms with E-state index in [4.69, 9.17) is 34.8 Å². The first-order valence-corrected chi connectivity index (χ1v) is 6.80. The number of carbonyl (C=O) groups excluding carboxylic acids is 1. The van der Waals surface area contributed by atoms with Gasteiger partial charge in [0.25, 0.3) is 0 Å². The van der Waals surface area contributed by atoms with Gasteiger partial charge in [-0.15, -0.1) is 0 Å². The van der Waals surface area contributed by atoms with Gasteiger partial charge >= 0.3 is 0 Å². The van der Waals surface area contributed by atoms with E-state index >= 15 is 0 Å². The van der Waals surface area contributed by atoms with Gasteiger partial charge in [-0.1, -0.05) is 34.8 Å². The Morgan fingerprint density at radius 2 is 1.53 bits per heavy atom. The maximum Gasteiger partial charge on any atom is 0.194 e. The smallest absolute Gasteiger partial charge is 0.194 e. The standard InChI is InChI=1S/C15H11Cl3O/c1-8-6-14(18)9(2)5-11(8)15(19)12-7-10(16)3-4-13(12)17/h3-7H,1-2H3. The summed E-state index contributed by atoms with van der Waals surface area (Å²) in [4.78, 5) is 12.5. The number of benzene rings is 2. The zero-order valence-electron chi connectivity index (χ0n) is 10.4. The van der Waals surface area contributed by atoms with Crippen LogP contribution in [0.3, 0.4) is 0 Å². The third-order valence-corrected chi connectivity index (χ3v) is 3.90. The molecule has 0 amide bonds. The van der Waals surface area contributed by atoms with Crippen molar-refractivity contribution in [1.82, 2.24) is 0 Å². The molecule has 0 aromatic heterocycles. The average molecular weight is 314 g/mol. The second-order valence-corrected chi connectivity index (χ2v) is 5.62. The van der Waals surface area contributed by atoms with Crippen LogP contribution in [-0.2, 0) is 0 Å². The first-order valence-electron chi connectivity index (χ1n) is 5.66. The average Bonchev–Trinajstić information content (AvgIpc) is 2.36. The van der Waals surface area contributed by atoms with Gasteiger partial charge in [-0.05, 0) is 55.3 Å². The van der Waals surface area contributed by atoms with Crippen molar-refractivity contribution in [2.75, 3.05) is 0 Å². The summed E-state index contributed by atoms with van der Waals surface area (Å²) in [5, 5.41) is 1.52. The Balaban J connectivity index is 2.56. The third-order valence-electron chi connectivity index (χ3n) is 2.92. The van der Waals surface area contributed by atoms with Crippen molar-refractivity contribution in [3.05, 3.63) is 67.7 Å². The molecule has 0 bridgehead atoms. The number of aryl methyl sites for hydroxylation is 2. The van der Waals surface area contributed by atoms with E-state index in [1.54, 1.807) is 30.3 Å². The summed E-state index contributed by atoms with van der Waals surface area (Å²) in [7, 11) is 0. The maximum absolute atomic E-state index is 12.5. The molecule has 0 aliphatic heterocycles. The van der Waals surface area contributed by atoms with Crippen LogP contribution in [0.5, 0.6) is 0 Å². The largest absolute Gasteiger partial charge is 0.289 e. The predicted octanol–water partition coefficient (Wildman–Crippen LogP) is 5.49. The topological polar surface area (TPSA) is 17.1 Å². The van der Waals surface area contributed by atoms with E-state index in [0.717, 1.165) is 11.1 Å². The van der Waals surface area contributed by atoms with E-state index < -0.39 is 0 Å². The SMILES string of the molecule is Cc1cc(C(=O)c2cc(Cl)ccc2Cl)c(C)cc1Cl. The van der Waals surface area contributed by atoms with Gasteiger partial charge in [0.2, 0.25) is 0 Å². The predicted molar refractivity (Wildman–Crippen MR) is 80.8 cm³/mol. The van der Waals surface area contributed by atoms with Crippen LogP contribution < -0.4 is 0 Å². The number of carbonyl (C=O) groups is 1. The minimum Gasteiger partial charge on any atom is -0.289 e. The Bertz CT molecular complexity index is 663. The number of hydrogen-bond donors (Lipinski definition) is 0. The molecule has 2 aromatic carbocycles. The molecule has 19 heavy (non-hydrogen) atoms. The summed E-state index contributed by atoms with van der Waals surface area (Å²) in [6.45, 7) is 3.70. The Hall–Kier alpha value is -1.02. The molecule has 0 unspecified atom stereocenters. The summed E-state index contributed by atoms with van der Waals surface area (Å²) in [6, 6.07) is 8.41. The third kappa shape index (κ3) is 2.94. The monoisotopic (exact) mass is 312 g/mol. The molecule has 0 saturated heterocycles. The van der Waals surface area contributed by atoms with Crippen LogP contribution in [0.25, 0.3) is 0 Å². The molecule has 0 radical (unpaired) electrons. The lowest BCUT2D eigenvalue weighted by atomic mass is 9.97. The highest BCUT2D eigenvalue weighted by Crippen LogP contribution is 2.27. The molecule has 0 fully saturated rings. The van der Waals surface area contributed by atoms with Gasteiger partial charge in [0.15, 0.2) is 5.78 Å². The normalized spacial score (nSPS) is 10.6. The fourth-order valence-corrected chi connectivity index (χ4v) is 2.44. The van der Waals surface area contributed by atoms with E-state index in [-0.39, 0.29) is 5.78 Å². The van der Waals surface area contributed by atoms with Gasteiger partial charge in [-0.2, -0.15) is 0 Å². The van der Waals surface area contributed by atoms with Gasteiger partial charge in [-0.25, -0.2) is 0 Å². The van der Waals surface area contributed by atoms with E-state index in [2.05, 4.69) is 0 Å². The van der Waals surface area contributed by atoms with E-state index in [1.165, 1.54) is 0 Å². The Kier molecular flexibility index (Phi) is 4.19. The minimum atomic E-state index is -0.148. The summed E-state index contributed by atoms with van der Waals surface area (Å²) in [5.74, 6) is -0.148. The molecular weight excluding hydrogens is 303 g/mol. The van der Waals surface area contributed by atoms with Crippen LogP contribution in [0.1, 0.15) is 27.0 Å². The van der Waals surface area contributed by atoms with Crippen molar-refractivity contribution in [1.29, 1.82) is 0 Å².